The lowest BCUT2D eigenvalue weighted by atomic mass is 10.2. The molecule has 8 heteroatoms. The van der Waals surface area contributed by atoms with Gasteiger partial charge in [0.2, 0.25) is 5.95 Å². The van der Waals surface area contributed by atoms with Gasteiger partial charge < -0.3 is 9.88 Å². The Bertz CT molecular complexity index is 701. The number of nitrogens with one attached hydrogen (secondary N) is 2. The third-order valence-corrected chi connectivity index (χ3v) is 4.12. The molecule has 2 heterocycles. The standard InChI is InChI=1S/C14H21N7S/c1-3-10-11(4-2)17-19-13(16-10)15-8-7-12-18-20-14(22)21(12)9-5-6-9/h9H,3-8H2,1-2H3,(H,20,22)(H,15,16,19). The van der Waals surface area contributed by atoms with Crippen LogP contribution in [0.25, 0.3) is 0 Å². The number of hydrogen-bond acceptors (Lipinski definition) is 6. The molecule has 0 bridgehead atoms. The zero-order valence-corrected chi connectivity index (χ0v) is 13.8. The lowest BCUT2D eigenvalue weighted by molar-refractivity contribution is 0.672. The molecule has 118 valence electrons. The van der Waals surface area contributed by atoms with Crippen LogP contribution in [-0.2, 0) is 19.3 Å². The van der Waals surface area contributed by atoms with Crippen LogP contribution < -0.4 is 5.32 Å². The lowest BCUT2D eigenvalue weighted by Gasteiger charge is -2.08. The Morgan fingerprint density at radius 1 is 1.23 bits per heavy atom. The van der Waals surface area contributed by atoms with Crippen LogP contribution in [0.15, 0.2) is 0 Å². The molecule has 1 fully saturated rings. The molecule has 0 saturated heterocycles. The van der Waals surface area contributed by atoms with Gasteiger partial charge in [-0.2, -0.15) is 10.2 Å². The van der Waals surface area contributed by atoms with Gasteiger partial charge >= 0.3 is 0 Å². The molecule has 2 aromatic heterocycles. The van der Waals surface area contributed by atoms with E-state index in [2.05, 4.69) is 49.1 Å². The van der Waals surface area contributed by atoms with Gasteiger partial charge in [0.25, 0.3) is 0 Å². The zero-order valence-electron chi connectivity index (χ0n) is 13.0. The van der Waals surface area contributed by atoms with E-state index in [1.165, 1.54) is 12.8 Å². The first-order valence-electron chi connectivity index (χ1n) is 7.85. The number of aromatic nitrogens is 6. The van der Waals surface area contributed by atoms with Crippen LogP contribution in [0.4, 0.5) is 5.95 Å². The predicted octanol–water partition coefficient (Wildman–Crippen LogP) is 2.24. The zero-order chi connectivity index (χ0) is 15.5. The quantitative estimate of drug-likeness (QED) is 0.761. The summed E-state index contributed by atoms with van der Waals surface area (Å²) in [6.45, 7) is 4.86. The van der Waals surface area contributed by atoms with Gasteiger partial charge in [-0.3, -0.25) is 5.10 Å². The first-order chi connectivity index (χ1) is 10.7. The van der Waals surface area contributed by atoms with E-state index in [0.29, 0.717) is 18.5 Å². The molecule has 1 aliphatic carbocycles. The molecule has 0 unspecified atom stereocenters. The normalized spacial score (nSPS) is 14.3. The minimum Gasteiger partial charge on any atom is -0.352 e. The smallest absolute Gasteiger partial charge is 0.242 e. The van der Waals surface area contributed by atoms with Crippen LogP contribution >= 0.6 is 12.2 Å². The van der Waals surface area contributed by atoms with Gasteiger partial charge in [0.05, 0.1) is 11.4 Å². The number of aryl methyl sites for hydroxylation is 2. The number of aromatic amines is 1. The second kappa shape index (κ2) is 6.51. The van der Waals surface area contributed by atoms with Gasteiger partial charge in [0.1, 0.15) is 5.82 Å². The monoisotopic (exact) mass is 319 g/mol. The average molecular weight is 319 g/mol. The Hall–Kier alpha value is -1.83. The highest BCUT2D eigenvalue weighted by Crippen LogP contribution is 2.35. The van der Waals surface area contributed by atoms with Crippen LogP contribution in [0.1, 0.15) is 49.9 Å². The third-order valence-electron chi connectivity index (χ3n) is 3.83. The summed E-state index contributed by atoms with van der Waals surface area (Å²) in [5, 5.41) is 18.8. The van der Waals surface area contributed by atoms with E-state index in [-0.39, 0.29) is 0 Å². The van der Waals surface area contributed by atoms with Gasteiger partial charge in [0.15, 0.2) is 4.77 Å². The van der Waals surface area contributed by atoms with Crippen molar-refractivity contribution in [1.29, 1.82) is 0 Å². The van der Waals surface area contributed by atoms with Crippen molar-refractivity contribution in [3.8, 4) is 0 Å². The summed E-state index contributed by atoms with van der Waals surface area (Å²) in [7, 11) is 0. The number of nitrogens with zero attached hydrogens (tertiary/aromatic N) is 5. The molecule has 0 atom stereocenters. The minimum atomic E-state index is 0.537. The van der Waals surface area contributed by atoms with Crippen LogP contribution in [0.5, 0.6) is 0 Å². The summed E-state index contributed by atoms with van der Waals surface area (Å²) in [4.78, 5) is 4.53. The fraction of sp³-hybridized carbons (Fsp3) is 0.643. The van der Waals surface area contributed by atoms with Crippen LogP contribution in [0.3, 0.4) is 0 Å². The highest BCUT2D eigenvalue weighted by atomic mass is 32.1. The van der Waals surface area contributed by atoms with E-state index < -0.39 is 0 Å². The molecule has 2 N–H and O–H groups in total. The molecule has 1 aliphatic rings. The average Bonchev–Trinajstić information content (AvgIpc) is 3.31. The van der Waals surface area contributed by atoms with Crippen molar-refractivity contribution in [3.05, 3.63) is 22.0 Å². The van der Waals surface area contributed by atoms with E-state index >= 15 is 0 Å². The van der Waals surface area contributed by atoms with E-state index in [1.54, 1.807) is 0 Å². The van der Waals surface area contributed by atoms with Gasteiger partial charge in [-0.05, 0) is 37.9 Å². The SMILES string of the molecule is CCc1nnc(NCCc2n[nH]c(=S)n2C2CC2)nc1CC. The predicted molar refractivity (Wildman–Crippen MR) is 86.5 cm³/mol. The van der Waals surface area contributed by atoms with E-state index in [9.17, 15) is 0 Å². The topological polar surface area (TPSA) is 84.3 Å². The number of rotatable bonds is 7. The number of H-pyrrole nitrogens is 1. The summed E-state index contributed by atoms with van der Waals surface area (Å²) >= 11 is 5.28. The molecule has 0 amide bonds. The summed E-state index contributed by atoms with van der Waals surface area (Å²) in [6.07, 6.45) is 4.90. The fourth-order valence-electron chi connectivity index (χ4n) is 2.52. The molecular weight excluding hydrogens is 298 g/mol. The lowest BCUT2D eigenvalue weighted by Crippen LogP contribution is -2.14. The Kier molecular flexibility index (Phi) is 4.47. The second-order valence-corrected chi connectivity index (χ2v) is 5.85. The minimum absolute atomic E-state index is 0.537. The van der Waals surface area contributed by atoms with Crippen LogP contribution in [0.2, 0.25) is 0 Å². The highest BCUT2D eigenvalue weighted by Gasteiger charge is 2.26. The first kappa shape index (κ1) is 15.1. The maximum absolute atomic E-state index is 5.28. The van der Waals surface area contributed by atoms with Gasteiger partial charge in [-0.25, -0.2) is 4.98 Å². The maximum atomic E-state index is 5.28. The summed E-state index contributed by atoms with van der Waals surface area (Å²) < 4.78 is 2.85. The molecule has 22 heavy (non-hydrogen) atoms. The molecule has 1 saturated carbocycles. The molecule has 0 aromatic carbocycles. The molecule has 3 rings (SSSR count). The van der Waals surface area contributed by atoms with Crippen molar-refractivity contribution >= 4 is 18.2 Å². The maximum Gasteiger partial charge on any atom is 0.242 e. The molecule has 0 radical (unpaired) electrons. The number of hydrogen-bond donors (Lipinski definition) is 2. The van der Waals surface area contributed by atoms with Gasteiger partial charge in [0, 0.05) is 19.0 Å². The summed E-state index contributed by atoms with van der Waals surface area (Å²) in [6, 6.07) is 0.537. The third kappa shape index (κ3) is 3.16. The Balaban J connectivity index is 1.63. The molecular formula is C14H21N7S. The summed E-state index contributed by atoms with van der Waals surface area (Å²) in [5.41, 5.74) is 1.99. The molecule has 0 aliphatic heterocycles. The van der Waals surface area contributed by atoms with Crippen molar-refractivity contribution in [3.63, 3.8) is 0 Å². The summed E-state index contributed by atoms with van der Waals surface area (Å²) in [5.74, 6) is 1.58. The highest BCUT2D eigenvalue weighted by molar-refractivity contribution is 7.71. The largest absolute Gasteiger partial charge is 0.352 e. The first-order valence-corrected chi connectivity index (χ1v) is 8.25. The Labute approximate surface area is 134 Å². The number of anilines is 1. The van der Waals surface area contributed by atoms with Gasteiger partial charge in [-0.15, -0.1) is 5.10 Å². The van der Waals surface area contributed by atoms with Crippen molar-refractivity contribution in [1.82, 2.24) is 29.9 Å². The molecule has 0 spiro atoms. The van der Waals surface area contributed by atoms with Crippen LogP contribution in [0, 0.1) is 4.77 Å². The second-order valence-electron chi connectivity index (χ2n) is 5.46. The molecule has 7 nitrogen and oxygen atoms in total. The van der Waals surface area contributed by atoms with E-state index in [1.807, 2.05) is 0 Å². The Morgan fingerprint density at radius 3 is 2.68 bits per heavy atom. The Morgan fingerprint density at radius 2 is 2.00 bits per heavy atom. The van der Waals surface area contributed by atoms with Crippen molar-refractivity contribution in [2.45, 2.75) is 52.0 Å². The van der Waals surface area contributed by atoms with E-state index in [4.69, 9.17) is 12.2 Å². The van der Waals surface area contributed by atoms with Gasteiger partial charge in [-0.1, -0.05) is 13.8 Å². The van der Waals surface area contributed by atoms with Crippen molar-refractivity contribution in [2.75, 3.05) is 11.9 Å². The van der Waals surface area contributed by atoms with Crippen molar-refractivity contribution < 1.29 is 0 Å². The van der Waals surface area contributed by atoms with E-state index in [0.717, 1.165) is 41.2 Å². The molecule has 2 aromatic rings. The van der Waals surface area contributed by atoms with Crippen LogP contribution in [-0.4, -0.2) is 36.5 Å². The van der Waals surface area contributed by atoms with Crippen molar-refractivity contribution in [2.24, 2.45) is 0 Å². The fourth-order valence-corrected chi connectivity index (χ4v) is 2.82.